The molecule has 3 amide bonds. The third kappa shape index (κ3) is 5.21. The van der Waals surface area contributed by atoms with Gasteiger partial charge in [-0.25, -0.2) is 4.79 Å². The number of piperidine rings is 1. The zero-order valence-electron chi connectivity index (χ0n) is 14.4. The maximum atomic E-state index is 12.5. The predicted octanol–water partition coefficient (Wildman–Crippen LogP) is 3.32. The third-order valence-electron chi connectivity index (χ3n) is 4.25. The van der Waals surface area contributed by atoms with E-state index in [2.05, 4.69) is 10.6 Å². The Morgan fingerprint density at radius 1 is 0.885 bits per heavy atom. The highest BCUT2D eigenvalue weighted by molar-refractivity contribution is 6.00. The second-order valence-electron chi connectivity index (χ2n) is 6.15. The van der Waals surface area contributed by atoms with Crippen molar-refractivity contribution in [3.63, 3.8) is 0 Å². The fourth-order valence-electron chi connectivity index (χ4n) is 2.80. The molecule has 3 rings (SSSR count). The number of hydrogen-bond acceptors (Lipinski definition) is 3. The Morgan fingerprint density at radius 3 is 2.00 bits per heavy atom. The van der Waals surface area contributed by atoms with E-state index in [0.29, 0.717) is 24.3 Å². The lowest BCUT2D eigenvalue weighted by atomic mass is 10.0. The minimum atomic E-state index is -0.324. The molecule has 4 N–H and O–H groups in total. The number of amides is 3. The number of benzene rings is 2. The Morgan fingerprint density at radius 2 is 1.42 bits per heavy atom. The second-order valence-corrected chi connectivity index (χ2v) is 6.15. The van der Waals surface area contributed by atoms with Crippen LogP contribution in [0.3, 0.4) is 0 Å². The van der Waals surface area contributed by atoms with Crippen LogP contribution >= 0.6 is 12.4 Å². The highest BCUT2D eigenvalue weighted by Gasteiger charge is 2.21. The summed E-state index contributed by atoms with van der Waals surface area (Å²) in [5.41, 5.74) is 7.84. The quantitative estimate of drug-likeness (QED) is 0.770. The number of hydrogen-bond donors (Lipinski definition) is 3. The monoisotopic (exact) mass is 374 g/mol. The van der Waals surface area contributed by atoms with Gasteiger partial charge in [-0.15, -0.1) is 12.4 Å². The minimum absolute atomic E-state index is 0. The van der Waals surface area contributed by atoms with Crippen LogP contribution in [0.5, 0.6) is 0 Å². The molecule has 1 aliphatic heterocycles. The van der Waals surface area contributed by atoms with Crippen LogP contribution in [0.4, 0.5) is 16.2 Å². The summed E-state index contributed by atoms with van der Waals surface area (Å²) < 4.78 is 0. The Bertz CT molecular complexity index is 729. The summed E-state index contributed by atoms with van der Waals surface area (Å²) >= 11 is 0. The average Bonchev–Trinajstić information content (AvgIpc) is 2.63. The number of para-hydroxylation sites is 1. The number of rotatable bonds is 3. The van der Waals surface area contributed by atoms with Gasteiger partial charge in [0.15, 0.2) is 0 Å². The van der Waals surface area contributed by atoms with Crippen molar-refractivity contribution in [1.82, 2.24) is 4.90 Å². The number of halogens is 1. The van der Waals surface area contributed by atoms with Gasteiger partial charge in [0.05, 0.1) is 0 Å². The lowest BCUT2D eigenvalue weighted by Crippen LogP contribution is -2.42. The summed E-state index contributed by atoms with van der Waals surface area (Å²) in [5.74, 6) is 0.00665. The molecule has 6 nitrogen and oxygen atoms in total. The van der Waals surface area contributed by atoms with E-state index in [1.807, 2.05) is 35.2 Å². The molecule has 0 spiro atoms. The van der Waals surface area contributed by atoms with E-state index in [1.165, 1.54) is 0 Å². The Hall–Kier alpha value is -2.57. The van der Waals surface area contributed by atoms with Gasteiger partial charge in [0, 0.05) is 36.1 Å². The molecule has 0 radical (unpaired) electrons. The van der Waals surface area contributed by atoms with E-state index in [0.717, 1.165) is 18.5 Å². The normalized spacial score (nSPS) is 14.3. The largest absolute Gasteiger partial charge is 0.339 e. The van der Waals surface area contributed by atoms with E-state index in [1.54, 1.807) is 24.3 Å². The molecule has 7 heteroatoms. The summed E-state index contributed by atoms with van der Waals surface area (Å²) in [5, 5.41) is 5.50. The van der Waals surface area contributed by atoms with E-state index in [4.69, 9.17) is 5.73 Å². The fraction of sp³-hybridized carbons (Fsp3) is 0.263. The third-order valence-corrected chi connectivity index (χ3v) is 4.25. The standard InChI is InChI=1S/C19H22N4O2.ClH/c20-15-10-12-23(13-11-15)18(24)14-6-8-17(9-7-14)22-19(25)21-16-4-2-1-3-5-16;/h1-9,15H,10-13,20H2,(H2,21,22,25);1H. The number of nitrogens with one attached hydrogen (secondary N) is 2. The van der Waals surface area contributed by atoms with Crippen molar-refractivity contribution >= 4 is 35.7 Å². The highest BCUT2D eigenvalue weighted by Crippen LogP contribution is 2.16. The van der Waals surface area contributed by atoms with Crippen molar-refractivity contribution in [2.75, 3.05) is 23.7 Å². The first-order valence-corrected chi connectivity index (χ1v) is 8.40. The first kappa shape index (κ1) is 19.8. The van der Waals surface area contributed by atoms with E-state index in [9.17, 15) is 9.59 Å². The highest BCUT2D eigenvalue weighted by atomic mass is 35.5. The van der Waals surface area contributed by atoms with Gasteiger partial charge in [-0.05, 0) is 49.2 Å². The van der Waals surface area contributed by atoms with Gasteiger partial charge in [-0.1, -0.05) is 18.2 Å². The molecule has 1 aliphatic rings. The number of nitrogens with two attached hydrogens (primary N) is 1. The first-order valence-electron chi connectivity index (χ1n) is 8.40. The molecule has 0 saturated carbocycles. The van der Waals surface area contributed by atoms with Crippen LogP contribution in [0.15, 0.2) is 54.6 Å². The second kappa shape index (κ2) is 9.22. The lowest BCUT2D eigenvalue weighted by Gasteiger charge is -2.30. The minimum Gasteiger partial charge on any atom is -0.339 e. The van der Waals surface area contributed by atoms with Crippen molar-refractivity contribution in [3.05, 3.63) is 60.2 Å². The van der Waals surface area contributed by atoms with Crippen molar-refractivity contribution < 1.29 is 9.59 Å². The molecule has 2 aromatic rings. The van der Waals surface area contributed by atoms with Gasteiger partial charge >= 0.3 is 6.03 Å². The number of carbonyl (C=O) groups excluding carboxylic acids is 2. The first-order chi connectivity index (χ1) is 12.1. The van der Waals surface area contributed by atoms with E-state index in [-0.39, 0.29) is 30.4 Å². The van der Waals surface area contributed by atoms with Gasteiger partial charge in [-0.3, -0.25) is 4.79 Å². The summed E-state index contributed by atoms with van der Waals surface area (Å²) in [4.78, 5) is 26.3. The molecule has 1 heterocycles. The van der Waals surface area contributed by atoms with Gasteiger partial charge in [0.2, 0.25) is 0 Å². The SMILES string of the molecule is Cl.NC1CCN(C(=O)c2ccc(NC(=O)Nc3ccccc3)cc2)CC1. The molecule has 26 heavy (non-hydrogen) atoms. The van der Waals surface area contributed by atoms with Crippen LogP contribution in [0.25, 0.3) is 0 Å². The van der Waals surface area contributed by atoms with Gasteiger partial charge in [0.25, 0.3) is 5.91 Å². The van der Waals surface area contributed by atoms with Gasteiger partial charge < -0.3 is 21.3 Å². The topological polar surface area (TPSA) is 87.5 Å². The number of carbonyl (C=O) groups is 2. The molecule has 2 aromatic carbocycles. The number of nitrogens with zero attached hydrogens (tertiary/aromatic N) is 1. The van der Waals surface area contributed by atoms with Crippen LogP contribution in [0.1, 0.15) is 23.2 Å². The molecular formula is C19H23ClN4O2. The number of anilines is 2. The zero-order valence-corrected chi connectivity index (χ0v) is 15.2. The van der Waals surface area contributed by atoms with Crippen LogP contribution in [-0.2, 0) is 0 Å². The molecule has 0 atom stereocenters. The predicted molar refractivity (Wildman–Crippen MR) is 106 cm³/mol. The van der Waals surface area contributed by atoms with Crippen LogP contribution in [-0.4, -0.2) is 36.0 Å². The van der Waals surface area contributed by atoms with Crippen LogP contribution in [0, 0.1) is 0 Å². The van der Waals surface area contributed by atoms with Crippen LogP contribution < -0.4 is 16.4 Å². The molecule has 0 bridgehead atoms. The van der Waals surface area contributed by atoms with Crippen molar-refractivity contribution in [2.45, 2.75) is 18.9 Å². The van der Waals surface area contributed by atoms with E-state index >= 15 is 0 Å². The smallest absolute Gasteiger partial charge is 0.323 e. The molecule has 1 fully saturated rings. The molecule has 1 saturated heterocycles. The Balaban J connectivity index is 0.00000243. The molecule has 138 valence electrons. The summed E-state index contributed by atoms with van der Waals surface area (Å²) in [7, 11) is 0. The van der Waals surface area contributed by atoms with Gasteiger partial charge in [-0.2, -0.15) is 0 Å². The van der Waals surface area contributed by atoms with Crippen molar-refractivity contribution in [1.29, 1.82) is 0 Å². The lowest BCUT2D eigenvalue weighted by molar-refractivity contribution is 0.0715. The fourth-order valence-corrected chi connectivity index (χ4v) is 2.80. The maximum Gasteiger partial charge on any atom is 0.323 e. The Kier molecular flexibility index (Phi) is 7.00. The van der Waals surface area contributed by atoms with Crippen molar-refractivity contribution in [2.24, 2.45) is 5.73 Å². The van der Waals surface area contributed by atoms with Crippen molar-refractivity contribution in [3.8, 4) is 0 Å². The van der Waals surface area contributed by atoms with Gasteiger partial charge in [0.1, 0.15) is 0 Å². The summed E-state index contributed by atoms with van der Waals surface area (Å²) in [6.07, 6.45) is 1.68. The Labute approximate surface area is 159 Å². The number of urea groups is 1. The summed E-state index contributed by atoms with van der Waals surface area (Å²) in [6.45, 7) is 1.39. The molecule has 0 aliphatic carbocycles. The summed E-state index contributed by atoms with van der Waals surface area (Å²) in [6, 6.07) is 16.0. The molecule has 0 unspecified atom stereocenters. The number of likely N-dealkylation sites (tertiary alicyclic amines) is 1. The molecule has 0 aromatic heterocycles. The average molecular weight is 375 g/mol. The molecular weight excluding hydrogens is 352 g/mol. The maximum absolute atomic E-state index is 12.5. The van der Waals surface area contributed by atoms with Crippen LogP contribution in [0.2, 0.25) is 0 Å². The van der Waals surface area contributed by atoms with E-state index < -0.39 is 0 Å². The zero-order chi connectivity index (χ0) is 17.6.